The van der Waals surface area contributed by atoms with Crippen molar-refractivity contribution in [3.63, 3.8) is 0 Å². The largest absolute Gasteiger partial charge is 0.748 e. The fourth-order valence-corrected chi connectivity index (χ4v) is 3.34. The molecule has 0 aliphatic heterocycles. The van der Waals surface area contributed by atoms with Crippen molar-refractivity contribution in [2.45, 2.75) is 58.8 Å². The molecule has 1 atom stereocenters. The van der Waals surface area contributed by atoms with Gasteiger partial charge >= 0.3 is 0 Å². The third-order valence-electron chi connectivity index (χ3n) is 4.39. The summed E-state index contributed by atoms with van der Waals surface area (Å²) in [6, 6.07) is 0. The Morgan fingerprint density at radius 1 is 0.760 bits per heavy atom. The first-order valence-electron chi connectivity index (χ1n) is 9.75. The lowest BCUT2D eigenvalue weighted by Crippen LogP contribution is -2.48. The van der Waals surface area contributed by atoms with Gasteiger partial charge in [0.1, 0.15) is 6.54 Å². The zero-order valence-corrected chi connectivity index (χ0v) is 17.3. The summed E-state index contributed by atoms with van der Waals surface area (Å²) in [6.07, 6.45) is 7.08. The highest BCUT2D eigenvalue weighted by molar-refractivity contribution is 7.85. The van der Waals surface area contributed by atoms with E-state index in [0.717, 1.165) is 43.6 Å². The second-order valence-electron chi connectivity index (χ2n) is 7.04. The maximum Gasteiger partial charge on any atom is 0.102 e. The molecule has 0 radical (unpaired) electrons. The van der Waals surface area contributed by atoms with Gasteiger partial charge in [-0.25, -0.2) is 8.42 Å². The van der Waals surface area contributed by atoms with Crippen LogP contribution in [0, 0.1) is 0 Å². The van der Waals surface area contributed by atoms with E-state index in [0.29, 0.717) is 26.2 Å². The number of unbranched alkanes of at least 4 members (excludes halogenated alkanes) is 4. The van der Waals surface area contributed by atoms with E-state index in [1.807, 2.05) is 0 Å². The molecule has 0 saturated carbocycles. The normalized spacial score (nSPS) is 14.6. The minimum absolute atomic E-state index is 0.256. The molecule has 0 aromatic carbocycles. The number of quaternary nitrogens is 1. The molecule has 0 spiro atoms. The van der Waals surface area contributed by atoms with E-state index in [2.05, 4.69) is 20.9 Å². The smallest absolute Gasteiger partial charge is 0.102 e. The predicted octanol–water partition coefficient (Wildman–Crippen LogP) is 2.78. The molecular weight excluding hydrogens is 342 g/mol. The topological polar surface area (TPSA) is 75.7 Å². The Kier molecular flexibility index (Phi) is 14.8. The van der Waals surface area contributed by atoms with Crippen molar-refractivity contribution >= 4 is 10.1 Å². The molecule has 0 aromatic rings. The third kappa shape index (κ3) is 17.0. The van der Waals surface area contributed by atoms with Crippen LogP contribution in [0.25, 0.3) is 0 Å². The number of hydrogen-bond donors (Lipinski definition) is 0. The second-order valence-corrected chi connectivity index (χ2v) is 8.57. The van der Waals surface area contributed by atoms with Gasteiger partial charge in [0.05, 0.1) is 50.1 Å². The van der Waals surface area contributed by atoms with Gasteiger partial charge in [0.2, 0.25) is 0 Å². The van der Waals surface area contributed by atoms with Crippen molar-refractivity contribution in [3.8, 4) is 0 Å². The summed E-state index contributed by atoms with van der Waals surface area (Å²) in [5.41, 5.74) is 0. The molecule has 0 saturated heterocycles. The van der Waals surface area contributed by atoms with Crippen LogP contribution in [0.5, 0.6) is 0 Å². The van der Waals surface area contributed by atoms with Gasteiger partial charge in [0.25, 0.3) is 0 Å². The van der Waals surface area contributed by atoms with Crippen molar-refractivity contribution in [1.82, 2.24) is 0 Å². The van der Waals surface area contributed by atoms with Gasteiger partial charge in [-0.1, -0.05) is 26.7 Å². The molecule has 0 aliphatic rings. The average Bonchev–Trinajstić information content (AvgIpc) is 2.54. The molecule has 7 heteroatoms. The zero-order valence-electron chi connectivity index (χ0n) is 16.5. The summed E-state index contributed by atoms with van der Waals surface area (Å²) >= 11 is 0. The Labute approximate surface area is 155 Å². The third-order valence-corrected chi connectivity index (χ3v) is 5.18. The molecule has 0 bridgehead atoms. The van der Waals surface area contributed by atoms with Crippen molar-refractivity contribution in [2.24, 2.45) is 0 Å². The average molecular weight is 382 g/mol. The van der Waals surface area contributed by atoms with Crippen LogP contribution < -0.4 is 0 Å². The van der Waals surface area contributed by atoms with Crippen LogP contribution in [0.4, 0.5) is 0 Å². The first-order valence-corrected chi connectivity index (χ1v) is 11.3. The molecule has 0 aliphatic carbocycles. The van der Waals surface area contributed by atoms with Crippen LogP contribution in [-0.2, 0) is 19.6 Å². The number of likely N-dealkylation sites (N-methyl/N-ethyl adjacent to an activating group) is 1. The van der Waals surface area contributed by atoms with Gasteiger partial charge in [0, 0.05) is 12.4 Å². The summed E-state index contributed by atoms with van der Waals surface area (Å²) in [4.78, 5) is 0. The van der Waals surface area contributed by atoms with Crippen LogP contribution in [-0.4, -0.2) is 76.3 Å². The van der Waals surface area contributed by atoms with Crippen molar-refractivity contribution in [1.29, 1.82) is 0 Å². The van der Waals surface area contributed by atoms with Crippen LogP contribution in [0.2, 0.25) is 0 Å². The summed E-state index contributed by atoms with van der Waals surface area (Å²) in [5, 5.41) is 0. The molecule has 0 aromatic heterocycles. The predicted molar refractivity (Wildman–Crippen MR) is 101 cm³/mol. The van der Waals surface area contributed by atoms with E-state index in [-0.39, 0.29) is 5.75 Å². The molecule has 0 rings (SSSR count). The van der Waals surface area contributed by atoms with Gasteiger partial charge < -0.3 is 18.5 Å². The molecule has 0 heterocycles. The second kappa shape index (κ2) is 14.9. The maximum atomic E-state index is 10.7. The highest BCUT2D eigenvalue weighted by atomic mass is 32.2. The fourth-order valence-electron chi connectivity index (χ4n) is 2.78. The lowest BCUT2D eigenvalue weighted by Gasteiger charge is -2.35. The van der Waals surface area contributed by atoms with Crippen molar-refractivity contribution < 1.29 is 26.9 Å². The van der Waals surface area contributed by atoms with Crippen LogP contribution >= 0.6 is 0 Å². The van der Waals surface area contributed by atoms with Gasteiger partial charge in [-0.05, 0) is 32.1 Å². The molecular formula is C18H39NO5S. The Balaban J connectivity index is 4.13. The monoisotopic (exact) mass is 381 g/mol. The van der Waals surface area contributed by atoms with E-state index in [4.69, 9.17) is 9.47 Å². The molecule has 1 unspecified atom stereocenters. The number of hydrogen-bond acceptors (Lipinski definition) is 5. The SMILES string of the molecule is CCCCCC[N+](C)(CCCCS(=O)(=O)[O-])CCOCCOCCC. The molecule has 0 amide bonds. The molecule has 0 N–H and O–H groups in total. The summed E-state index contributed by atoms with van der Waals surface area (Å²) in [7, 11) is -1.89. The van der Waals surface area contributed by atoms with Crippen molar-refractivity contribution in [2.75, 3.05) is 58.9 Å². The van der Waals surface area contributed by atoms with E-state index < -0.39 is 10.1 Å². The number of ether oxygens (including phenoxy) is 2. The Hall–Kier alpha value is -0.210. The highest BCUT2D eigenvalue weighted by Gasteiger charge is 2.20. The van der Waals surface area contributed by atoms with Crippen molar-refractivity contribution in [3.05, 3.63) is 0 Å². The standard InChI is InChI=1S/C18H39NO5S/c1-4-6-7-8-11-19(3,12-9-10-18-25(20,21)22)13-15-24-17-16-23-14-5-2/h4-18H2,1-3H3. The van der Waals surface area contributed by atoms with Gasteiger partial charge in [-0.2, -0.15) is 0 Å². The zero-order chi connectivity index (χ0) is 19.0. The van der Waals surface area contributed by atoms with E-state index in [1.54, 1.807) is 0 Å². The summed E-state index contributed by atoms with van der Waals surface area (Å²) in [6.45, 7) is 9.85. The van der Waals surface area contributed by atoms with E-state index in [9.17, 15) is 13.0 Å². The molecule has 152 valence electrons. The molecule has 25 heavy (non-hydrogen) atoms. The minimum atomic E-state index is -4.09. The highest BCUT2D eigenvalue weighted by Crippen LogP contribution is 2.11. The summed E-state index contributed by atoms with van der Waals surface area (Å²) < 4.78 is 44.1. The summed E-state index contributed by atoms with van der Waals surface area (Å²) in [5.74, 6) is -0.256. The Bertz CT molecular complexity index is 402. The Morgan fingerprint density at radius 3 is 1.92 bits per heavy atom. The lowest BCUT2D eigenvalue weighted by atomic mass is 10.1. The van der Waals surface area contributed by atoms with Gasteiger partial charge in [-0.15, -0.1) is 0 Å². The molecule has 6 nitrogen and oxygen atoms in total. The Morgan fingerprint density at radius 2 is 1.36 bits per heavy atom. The maximum absolute atomic E-state index is 10.7. The first-order chi connectivity index (χ1) is 11.8. The van der Waals surface area contributed by atoms with Crippen LogP contribution in [0.3, 0.4) is 0 Å². The van der Waals surface area contributed by atoms with Crippen LogP contribution in [0.15, 0.2) is 0 Å². The number of rotatable bonds is 18. The lowest BCUT2D eigenvalue weighted by molar-refractivity contribution is -0.910. The first kappa shape index (κ1) is 24.8. The molecule has 0 fully saturated rings. The number of nitrogens with zero attached hydrogens (tertiary/aromatic N) is 1. The quantitative estimate of drug-likeness (QED) is 0.207. The van der Waals surface area contributed by atoms with E-state index >= 15 is 0 Å². The minimum Gasteiger partial charge on any atom is -0.748 e. The van der Waals surface area contributed by atoms with Gasteiger partial charge in [0.15, 0.2) is 0 Å². The van der Waals surface area contributed by atoms with E-state index in [1.165, 1.54) is 25.7 Å². The van der Waals surface area contributed by atoms with Gasteiger partial charge in [-0.3, -0.25) is 0 Å². The van der Waals surface area contributed by atoms with Crippen LogP contribution in [0.1, 0.15) is 58.8 Å². The fraction of sp³-hybridized carbons (Fsp3) is 1.00.